The lowest BCUT2D eigenvalue weighted by Gasteiger charge is -2.16. The summed E-state index contributed by atoms with van der Waals surface area (Å²) < 4.78 is 40.4. The fourth-order valence-corrected chi connectivity index (χ4v) is 2.91. The van der Waals surface area contributed by atoms with Crippen LogP contribution in [0.2, 0.25) is 0 Å². The zero-order valence-corrected chi connectivity index (χ0v) is 16.3. The third kappa shape index (κ3) is 5.15. The predicted octanol–water partition coefficient (Wildman–Crippen LogP) is 5.20. The number of carbonyl (C=O) groups excluding carboxylic acids is 1. The Morgan fingerprint density at radius 3 is 2.50 bits per heavy atom. The first-order valence-corrected chi connectivity index (χ1v) is 8.69. The van der Waals surface area contributed by atoms with E-state index in [1.54, 1.807) is 46.9 Å². The Labute approximate surface area is 163 Å². The number of rotatable bonds is 2. The molecule has 0 spiro atoms. The summed E-state index contributed by atoms with van der Waals surface area (Å²) >= 11 is 9.96. The smallest absolute Gasteiger partial charge is 0.332 e. The molecule has 2 aromatic rings. The van der Waals surface area contributed by atoms with Crippen LogP contribution in [-0.4, -0.2) is 11.0 Å². The minimum absolute atomic E-state index is 0.216. The van der Waals surface area contributed by atoms with Gasteiger partial charge in [-0.3, -0.25) is 10.1 Å². The van der Waals surface area contributed by atoms with E-state index in [0.717, 1.165) is 6.07 Å². The van der Waals surface area contributed by atoms with Crippen LogP contribution in [0, 0.1) is 3.57 Å². The normalized spacial score (nSPS) is 11.0. The molecule has 0 heterocycles. The number of amides is 1. The van der Waals surface area contributed by atoms with E-state index in [1.807, 2.05) is 0 Å². The molecule has 2 aromatic carbocycles. The van der Waals surface area contributed by atoms with Gasteiger partial charge in [-0.05, 0) is 71.2 Å². The lowest BCUT2D eigenvalue weighted by Crippen LogP contribution is -2.34. The SMILES string of the molecule is O=C(NC(=S)Nc1ccc(I)cc1C(F)(F)F)c1cccc(Br)c1. The van der Waals surface area contributed by atoms with Crippen molar-refractivity contribution in [3.05, 3.63) is 61.6 Å². The topological polar surface area (TPSA) is 41.1 Å². The summed E-state index contributed by atoms with van der Waals surface area (Å²) in [6, 6.07) is 10.3. The van der Waals surface area contributed by atoms with Crippen LogP contribution in [-0.2, 0) is 6.18 Å². The molecule has 1 amide bonds. The Balaban J connectivity index is 2.14. The number of alkyl halides is 3. The molecule has 0 saturated heterocycles. The zero-order valence-electron chi connectivity index (χ0n) is 11.7. The highest BCUT2D eigenvalue weighted by Crippen LogP contribution is 2.35. The van der Waals surface area contributed by atoms with E-state index in [1.165, 1.54) is 12.1 Å². The average Bonchev–Trinajstić information content (AvgIpc) is 2.48. The van der Waals surface area contributed by atoms with Crippen LogP contribution in [0.4, 0.5) is 18.9 Å². The molecule has 2 N–H and O–H groups in total. The first-order valence-electron chi connectivity index (χ1n) is 6.41. The molecule has 2 rings (SSSR count). The Morgan fingerprint density at radius 2 is 1.88 bits per heavy atom. The van der Waals surface area contributed by atoms with Crippen LogP contribution in [0.25, 0.3) is 0 Å². The van der Waals surface area contributed by atoms with Gasteiger partial charge in [0.2, 0.25) is 0 Å². The fraction of sp³-hybridized carbons (Fsp3) is 0.0667. The quantitative estimate of drug-likeness (QED) is 0.416. The van der Waals surface area contributed by atoms with Crippen molar-refractivity contribution in [3.8, 4) is 0 Å². The van der Waals surface area contributed by atoms with Crippen molar-refractivity contribution in [2.24, 2.45) is 0 Å². The number of benzene rings is 2. The van der Waals surface area contributed by atoms with Crippen LogP contribution in [0.1, 0.15) is 15.9 Å². The van der Waals surface area contributed by atoms with E-state index < -0.39 is 17.6 Å². The van der Waals surface area contributed by atoms with Crippen molar-refractivity contribution < 1.29 is 18.0 Å². The van der Waals surface area contributed by atoms with Gasteiger partial charge in [-0.1, -0.05) is 22.0 Å². The van der Waals surface area contributed by atoms with Gasteiger partial charge < -0.3 is 5.32 Å². The standard InChI is InChI=1S/C15H9BrF3IN2OS/c16-9-3-1-2-8(6-9)13(23)22-14(24)21-12-5-4-10(20)7-11(12)15(17,18)19/h1-7H,(H2,21,22,23,24). The summed E-state index contributed by atoms with van der Waals surface area (Å²) in [7, 11) is 0. The molecule has 0 aromatic heterocycles. The van der Waals surface area contributed by atoms with Gasteiger partial charge in [0.05, 0.1) is 11.3 Å². The number of hydrogen-bond acceptors (Lipinski definition) is 2. The van der Waals surface area contributed by atoms with Crippen molar-refractivity contribution in [1.82, 2.24) is 5.32 Å². The maximum atomic E-state index is 13.1. The Hall–Kier alpha value is -1.20. The van der Waals surface area contributed by atoms with Gasteiger partial charge >= 0.3 is 6.18 Å². The molecular formula is C15H9BrF3IN2OS. The minimum Gasteiger partial charge on any atom is -0.332 e. The average molecular weight is 529 g/mol. The van der Waals surface area contributed by atoms with E-state index in [2.05, 4.69) is 26.6 Å². The second-order valence-electron chi connectivity index (χ2n) is 4.61. The van der Waals surface area contributed by atoms with E-state index >= 15 is 0 Å². The highest BCUT2D eigenvalue weighted by atomic mass is 127. The first-order chi connectivity index (χ1) is 11.2. The van der Waals surface area contributed by atoms with Gasteiger partial charge in [-0.2, -0.15) is 13.2 Å². The summed E-state index contributed by atoms with van der Waals surface area (Å²) in [5.74, 6) is -0.520. The van der Waals surface area contributed by atoms with Gasteiger partial charge in [-0.25, -0.2) is 0 Å². The molecule has 0 bridgehead atoms. The highest BCUT2D eigenvalue weighted by Gasteiger charge is 2.34. The number of halogens is 5. The van der Waals surface area contributed by atoms with Gasteiger partial charge in [-0.15, -0.1) is 0 Å². The maximum absolute atomic E-state index is 13.1. The number of anilines is 1. The Morgan fingerprint density at radius 1 is 1.17 bits per heavy atom. The molecule has 0 unspecified atom stereocenters. The molecule has 0 saturated carbocycles. The molecule has 0 aliphatic rings. The van der Waals surface area contributed by atoms with Crippen LogP contribution < -0.4 is 10.6 Å². The summed E-state index contributed by atoms with van der Waals surface area (Å²) in [5, 5.41) is 4.56. The second-order valence-corrected chi connectivity index (χ2v) is 7.18. The fourth-order valence-electron chi connectivity index (χ4n) is 1.82. The van der Waals surface area contributed by atoms with Gasteiger partial charge in [0.1, 0.15) is 0 Å². The van der Waals surface area contributed by atoms with Crippen LogP contribution in [0.3, 0.4) is 0 Å². The third-order valence-electron chi connectivity index (χ3n) is 2.85. The van der Waals surface area contributed by atoms with Gasteiger partial charge in [0.15, 0.2) is 5.11 Å². The summed E-state index contributed by atoms with van der Waals surface area (Å²) in [6.07, 6.45) is -4.53. The minimum atomic E-state index is -4.53. The largest absolute Gasteiger partial charge is 0.418 e. The molecule has 0 fully saturated rings. The zero-order chi connectivity index (χ0) is 17.9. The molecule has 0 aliphatic carbocycles. The first kappa shape index (κ1) is 19.1. The molecule has 0 atom stereocenters. The number of carbonyl (C=O) groups is 1. The summed E-state index contributed by atoms with van der Waals surface area (Å²) in [6.45, 7) is 0. The predicted molar refractivity (Wildman–Crippen MR) is 102 cm³/mol. The monoisotopic (exact) mass is 528 g/mol. The van der Waals surface area contributed by atoms with Crippen molar-refractivity contribution >= 4 is 67.4 Å². The summed E-state index contributed by atoms with van der Waals surface area (Å²) in [5.41, 5.74) is -0.747. The Bertz CT molecular complexity index is 799. The van der Waals surface area contributed by atoms with Crippen molar-refractivity contribution in [1.29, 1.82) is 0 Å². The van der Waals surface area contributed by atoms with Crippen molar-refractivity contribution in [2.45, 2.75) is 6.18 Å². The molecule has 126 valence electrons. The van der Waals surface area contributed by atoms with Crippen LogP contribution in [0.15, 0.2) is 46.9 Å². The highest BCUT2D eigenvalue weighted by molar-refractivity contribution is 14.1. The maximum Gasteiger partial charge on any atom is 0.418 e. The molecule has 0 radical (unpaired) electrons. The van der Waals surface area contributed by atoms with E-state index in [9.17, 15) is 18.0 Å². The van der Waals surface area contributed by atoms with Gasteiger partial charge in [0.25, 0.3) is 5.91 Å². The number of hydrogen-bond donors (Lipinski definition) is 2. The Kier molecular flexibility index (Phi) is 6.21. The second kappa shape index (κ2) is 7.79. The van der Waals surface area contributed by atoms with E-state index in [4.69, 9.17) is 12.2 Å². The van der Waals surface area contributed by atoms with E-state index in [-0.39, 0.29) is 10.8 Å². The molecular weight excluding hydrogens is 520 g/mol. The number of thiocarbonyl (C=S) groups is 1. The van der Waals surface area contributed by atoms with Gasteiger partial charge in [0, 0.05) is 13.6 Å². The van der Waals surface area contributed by atoms with E-state index in [0.29, 0.717) is 13.6 Å². The van der Waals surface area contributed by atoms with Crippen LogP contribution in [0.5, 0.6) is 0 Å². The summed E-state index contributed by atoms with van der Waals surface area (Å²) in [4.78, 5) is 12.1. The lowest BCUT2D eigenvalue weighted by molar-refractivity contribution is -0.136. The molecule has 9 heteroatoms. The molecule has 3 nitrogen and oxygen atoms in total. The van der Waals surface area contributed by atoms with Crippen molar-refractivity contribution in [2.75, 3.05) is 5.32 Å². The lowest BCUT2D eigenvalue weighted by atomic mass is 10.1. The number of nitrogens with one attached hydrogen (secondary N) is 2. The molecule has 24 heavy (non-hydrogen) atoms. The third-order valence-corrected chi connectivity index (χ3v) is 4.22. The van der Waals surface area contributed by atoms with Crippen molar-refractivity contribution in [3.63, 3.8) is 0 Å². The van der Waals surface area contributed by atoms with Crippen LogP contribution >= 0.6 is 50.7 Å². The molecule has 0 aliphatic heterocycles.